The minimum atomic E-state index is -0.0505. The Kier molecular flexibility index (Phi) is 3.60. The predicted molar refractivity (Wildman–Crippen MR) is 74.8 cm³/mol. The van der Waals surface area contributed by atoms with Gasteiger partial charge in [-0.05, 0) is 11.1 Å². The van der Waals surface area contributed by atoms with Crippen LogP contribution >= 0.6 is 0 Å². The Bertz CT molecular complexity index is 515. The molecule has 2 N–H and O–H groups in total. The third-order valence-corrected chi connectivity index (χ3v) is 3.44. The normalized spacial score (nSPS) is 23.6. The van der Waals surface area contributed by atoms with Crippen molar-refractivity contribution < 1.29 is 4.84 Å². The lowest BCUT2D eigenvalue weighted by molar-refractivity contribution is -0.170. The molecular weight excluding hydrogens is 236 g/mol. The number of hydroxylamine groups is 2. The first-order valence-electron chi connectivity index (χ1n) is 6.61. The first-order valence-corrected chi connectivity index (χ1v) is 6.61. The molecule has 0 aromatic heterocycles. The van der Waals surface area contributed by atoms with Gasteiger partial charge in [0, 0.05) is 6.42 Å². The van der Waals surface area contributed by atoms with Crippen LogP contribution in [0.5, 0.6) is 0 Å². The molecule has 1 heterocycles. The highest BCUT2D eigenvalue weighted by Gasteiger charge is 2.31. The van der Waals surface area contributed by atoms with Crippen LogP contribution in [0, 0.1) is 0 Å². The quantitative estimate of drug-likeness (QED) is 0.915. The molecule has 2 atom stereocenters. The Morgan fingerprint density at radius 3 is 2.32 bits per heavy atom. The molecule has 3 rings (SSSR count). The molecule has 2 aromatic rings. The Labute approximate surface area is 113 Å². The molecular formula is C16H18N2O. The van der Waals surface area contributed by atoms with E-state index in [2.05, 4.69) is 24.3 Å². The van der Waals surface area contributed by atoms with Crippen LogP contribution < -0.4 is 5.73 Å². The zero-order valence-electron chi connectivity index (χ0n) is 10.8. The minimum Gasteiger partial charge on any atom is -0.314 e. The molecule has 1 aliphatic heterocycles. The van der Waals surface area contributed by atoms with Crippen molar-refractivity contribution in [2.45, 2.75) is 25.2 Å². The molecule has 3 heteroatoms. The van der Waals surface area contributed by atoms with Gasteiger partial charge in [-0.3, -0.25) is 4.84 Å². The van der Waals surface area contributed by atoms with E-state index in [-0.39, 0.29) is 12.3 Å². The first-order chi connectivity index (χ1) is 9.33. The maximum absolute atomic E-state index is 6.16. The van der Waals surface area contributed by atoms with Crippen molar-refractivity contribution >= 4 is 0 Å². The Hall–Kier alpha value is -1.68. The third-order valence-electron chi connectivity index (χ3n) is 3.44. The maximum Gasteiger partial charge on any atom is 0.107 e. The van der Waals surface area contributed by atoms with E-state index in [1.54, 1.807) is 0 Å². The summed E-state index contributed by atoms with van der Waals surface area (Å²) in [5.41, 5.74) is 8.56. The summed E-state index contributed by atoms with van der Waals surface area (Å²) in [5.74, 6) is 0. The molecule has 3 nitrogen and oxygen atoms in total. The van der Waals surface area contributed by atoms with Gasteiger partial charge in [-0.1, -0.05) is 60.7 Å². The van der Waals surface area contributed by atoms with Gasteiger partial charge in [0.15, 0.2) is 0 Å². The van der Waals surface area contributed by atoms with E-state index in [1.807, 2.05) is 41.5 Å². The summed E-state index contributed by atoms with van der Waals surface area (Å²) in [6, 6.07) is 20.5. The number of hydrogen-bond acceptors (Lipinski definition) is 3. The lowest BCUT2D eigenvalue weighted by atomic mass is 10.1. The lowest BCUT2D eigenvalue weighted by Crippen LogP contribution is -2.34. The molecule has 0 saturated carbocycles. The van der Waals surface area contributed by atoms with Crippen molar-refractivity contribution in [3.05, 3.63) is 71.8 Å². The van der Waals surface area contributed by atoms with E-state index in [0.717, 1.165) is 13.0 Å². The summed E-state index contributed by atoms with van der Waals surface area (Å²) in [7, 11) is 0. The fraction of sp³-hybridized carbons (Fsp3) is 0.250. The first kappa shape index (κ1) is 12.4. The number of rotatable bonds is 3. The molecule has 98 valence electrons. The highest BCUT2D eigenvalue weighted by atomic mass is 16.7. The third kappa shape index (κ3) is 2.84. The molecule has 1 aliphatic rings. The monoisotopic (exact) mass is 254 g/mol. The molecule has 0 aliphatic carbocycles. The summed E-state index contributed by atoms with van der Waals surface area (Å²) in [6.45, 7) is 0.728. The minimum absolute atomic E-state index is 0.0505. The smallest absolute Gasteiger partial charge is 0.107 e. The van der Waals surface area contributed by atoms with Gasteiger partial charge in [-0.25, -0.2) is 0 Å². The van der Waals surface area contributed by atoms with E-state index < -0.39 is 0 Å². The zero-order valence-corrected chi connectivity index (χ0v) is 10.8. The summed E-state index contributed by atoms with van der Waals surface area (Å²) in [5, 5.41) is 1.88. The summed E-state index contributed by atoms with van der Waals surface area (Å²) in [6.07, 6.45) is 0.849. The standard InChI is InChI=1S/C16H18N2O/c17-16-11-15(14-9-5-2-6-10-14)19-18(16)12-13-7-3-1-4-8-13/h1-10,15-16H,11-12,17H2/t15-,16+/m1/s1. The number of nitrogens with zero attached hydrogens (tertiary/aromatic N) is 1. The van der Waals surface area contributed by atoms with E-state index in [1.165, 1.54) is 11.1 Å². The van der Waals surface area contributed by atoms with Crippen LogP contribution in [0.15, 0.2) is 60.7 Å². The van der Waals surface area contributed by atoms with Gasteiger partial charge < -0.3 is 5.73 Å². The van der Waals surface area contributed by atoms with E-state index in [9.17, 15) is 0 Å². The number of benzene rings is 2. The van der Waals surface area contributed by atoms with Crippen molar-refractivity contribution in [3.63, 3.8) is 0 Å². The highest BCUT2D eigenvalue weighted by Crippen LogP contribution is 2.31. The maximum atomic E-state index is 6.16. The fourth-order valence-corrected chi connectivity index (χ4v) is 2.40. The van der Waals surface area contributed by atoms with Crippen molar-refractivity contribution in [2.24, 2.45) is 5.73 Å². The SMILES string of the molecule is N[C@@H]1C[C@H](c2ccccc2)ON1Cc1ccccc1. The van der Waals surface area contributed by atoms with Crippen LogP contribution in [-0.4, -0.2) is 11.2 Å². The largest absolute Gasteiger partial charge is 0.314 e. The van der Waals surface area contributed by atoms with E-state index in [0.29, 0.717) is 0 Å². The van der Waals surface area contributed by atoms with Gasteiger partial charge in [0.1, 0.15) is 6.10 Å². The van der Waals surface area contributed by atoms with Crippen molar-refractivity contribution in [3.8, 4) is 0 Å². The molecule has 0 spiro atoms. The van der Waals surface area contributed by atoms with Crippen molar-refractivity contribution in [1.82, 2.24) is 5.06 Å². The fourth-order valence-electron chi connectivity index (χ4n) is 2.40. The highest BCUT2D eigenvalue weighted by molar-refractivity contribution is 5.19. The van der Waals surface area contributed by atoms with Gasteiger partial charge in [-0.15, -0.1) is 0 Å². The average molecular weight is 254 g/mol. The summed E-state index contributed by atoms with van der Waals surface area (Å²) >= 11 is 0. The molecule has 2 aromatic carbocycles. The van der Waals surface area contributed by atoms with Crippen LogP contribution in [0.1, 0.15) is 23.7 Å². The summed E-state index contributed by atoms with van der Waals surface area (Å²) < 4.78 is 0. The van der Waals surface area contributed by atoms with Crippen LogP contribution in [0.3, 0.4) is 0 Å². The van der Waals surface area contributed by atoms with Crippen LogP contribution in [-0.2, 0) is 11.4 Å². The molecule has 0 unspecified atom stereocenters. The summed E-state index contributed by atoms with van der Waals surface area (Å²) in [4.78, 5) is 5.97. The van der Waals surface area contributed by atoms with Crippen LogP contribution in [0.25, 0.3) is 0 Å². The second-order valence-corrected chi connectivity index (χ2v) is 4.87. The van der Waals surface area contributed by atoms with Crippen LogP contribution in [0.2, 0.25) is 0 Å². The van der Waals surface area contributed by atoms with Gasteiger partial charge in [0.25, 0.3) is 0 Å². The van der Waals surface area contributed by atoms with Crippen molar-refractivity contribution in [1.29, 1.82) is 0 Å². The second-order valence-electron chi connectivity index (χ2n) is 4.87. The van der Waals surface area contributed by atoms with Gasteiger partial charge in [-0.2, -0.15) is 5.06 Å². The molecule has 1 saturated heterocycles. The molecule has 1 fully saturated rings. The van der Waals surface area contributed by atoms with Crippen LogP contribution in [0.4, 0.5) is 0 Å². The average Bonchev–Trinajstić information content (AvgIpc) is 2.82. The Morgan fingerprint density at radius 1 is 1.00 bits per heavy atom. The molecule has 0 bridgehead atoms. The molecule has 0 radical (unpaired) electrons. The van der Waals surface area contributed by atoms with Gasteiger partial charge >= 0.3 is 0 Å². The van der Waals surface area contributed by atoms with E-state index in [4.69, 9.17) is 10.6 Å². The van der Waals surface area contributed by atoms with E-state index >= 15 is 0 Å². The Morgan fingerprint density at radius 2 is 1.63 bits per heavy atom. The lowest BCUT2D eigenvalue weighted by Gasteiger charge is -2.19. The van der Waals surface area contributed by atoms with Gasteiger partial charge in [0.05, 0.1) is 12.7 Å². The molecule has 19 heavy (non-hydrogen) atoms. The van der Waals surface area contributed by atoms with Gasteiger partial charge in [0.2, 0.25) is 0 Å². The Balaban J connectivity index is 1.69. The predicted octanol–water partition coefficient (Wildman–Crippen LogP) is 2.85. The van der Waals surface area contributed by atoms with Crippen molar-refractivity contribution in [2.75, 3.05) is 0 Å². The second kappa shape index (κ2) is 5.53. The topological polar surface area (TPSA) is 38.5 Å². The number of hydrogen-bond donors (Lipinski definition) is 1. The zero-order chi connectivity index (χ0) is 13.1. The number of nitrogens with two attached hydrogens (primary N) is 1. The molecule has 0 amide bonds.